The highest BCUT2D eigenvalue weighted by Crippen LogP contribution is 2.33. The summed E-state index contributed by atoms with van der Waals surface area (Å²) in [7, 11) is 1.65. The van der Waals surface area contributed by atoms with Crippen molar-refractivity contribution < 1.29 is 9.53 Å². The number of ether oxygens (including phenoxy) is 1. The first-order chi connectivity index (χ1) is 12.3. The third-order valence-corrected chi connectivity index (χ3v) is 4.18. The van der Waals surface area contributed by atoms with Crippen molar-refractivity contribution in [2.45, 2.75) is 5.92 Å². The predicted molar refractivity (Wildman–Crippen MR) is 102 cm³/mol. The second-order valence-corrected chi connectivity index (χ2v) is 5.79. The molecule has 1 atom stereocenters. The molecule has 0 amide bonds. The van der Waals surface area contributed by atoms with Crippen LogP contribution in [0.1, 0.15) is 22.6 Å². The highest BCUT2D eigenvalue weighted by atomic mass is 16.5. The van der Waals surface area contributed by atoms with Gasteiger partial charge in [0, 0.05) is 11.5 Å². The van der Waals surface area contributed by atoms with Gasteiger partial charge in [-0.15, -0.1) is 0 Å². The first kappa shape index (κ1) is 16.7. The van der Waals surface area contributed by atoms with E-state index in [1.807, 2.05) is 78.9 Å². The van der Waals surface area contributed by atoms with E-state index in [-0.39, 0.29) is 5.92 Å². The van der Waals surface area contributed by atoms with Crippen LogP contribution in [0.5, 0.6) is 5.75 Å². The molecule has 0 spiro atoms. The minimum Gasteiger partial charge on any atom is -0.497 e. The van der Waals surface area contributed by atoms with Crippen LogP contribution in [-0.4, -0.2) is 13.4 Å². The van der Waals surface area contributed by atoms with Crippen molar-refractivity contribution in [1.82, 2.24) is 0 Å². The van der Waals surface area contributed by atoms with Crippen LogP contribution >= 0.6 is 0 Å². The average molecular weight is 328 g/mol. The van der Waals surface area contributed by atoms with Crippen LogP contribution in [0.15, 0.2) is 90.5 Å². The van der Waals surface area contributed by atoms with Crippen LogP contribution in [0.2, 0.25) is 0 Å². The SMILES string of the molecule is COc1ccc(C(/C(C=O)=C/c2ccccc2)c2ccccc2)cc1. The number of carbonyl (C=O) groups excluding carboxylic acids is 1. The van der Waals surface area contributed by atoms with Gasteiger partial charge in [0.1, 0.15) is 12.0 Å². The van der Waals surface area contributed by atoms with E-state index in [0.717, 1.165) is 34.3 Å². The minimum atomic E-state index is -0.121. The monoisotopic (exact) mass is 328 g/mol. The van der Waals surface area contributed by atoms with Crippen LogP contribution < -0.4 is 4.74 Å². The Hall–Kier alpha value is -3.13. The molecule has 0 fully saturated rings. The Labute approximate surface area is 148 Å². The fourth-order valence-electron chi connectivity index (χ4n) is 2.95. The maximum Gasteiger partial charge on any atom is 0.147 e. The summed E-state index contributed by atoms with van der Waals surface area (Å²) < 4.78 is 5.25. The topological polar surface area (TPSA) is 26.3 Å². The molecule has 0 aliphatic rings. The molecule has 0 heterocycles. The number of benzene rings is 3. The van der Waals surface area contributed by atoms with Crippen LogP contribution in [0.3, 0.4) is 0 Å². The van der Waals surface area contributed by atoms with Gasteiger partial charge in [-0.05, 0) is 34.9 Å². The van der Waals surface area contributed by atoms with Crippen LogP contribution in [0.4, 0.5) is 0 Å². The maximum absolute atomic E-state index is 11.9. The lowest BCUT2D eigenvalue weighted by atomic mass is 9.84. The molecule has 3 rings (SSSR count). The molecule has 25 heavy (non-hydrogen) atoms. The molecule has 3 aromatic rings. The standard InChI is InChI=1S/C23H20O2/c1-25-22-14-12-20(13-15-22)23(19-10-6-3-7-11-19)21(17-24)16-18-8-4-2-5-9-18/h2-17,23H,1H3/b21-16+. The van der Waals surface area contributed by atoms with E-state index in [9.17, 15) is 4.79 Å². The number of methoxy groups -OCH3 is 1. The van der Waals surface area contributed by atoms with E-state index >= 15 is 0 Å². The maximum atomic E-state index is 11.9. The zero-order valence-electron chi connectivity index (χ0n) is 14.1. The molecular weight excluding hydrogens is 308 g/mol. The molecule has 1 unspecified atom stereocenters. The van der Waals surface area contributed by atoms with Gasteiger partial charge in [0.2, 0.25) is 0 Å². The summed E-state index contributed by atoms with van der Waals surface area (Å²) in [5.74, 6) is 0.681. The number of allylic oxidation sites excluding steroid dienone is 1. The van der Waals surface area contributed by atoms with Crippen molar-refractivity contribution in [2.24, 2.45) is 0 Å². The summed E-state index contributed by atoms with van der Waals surface area (Å²) in [6, 6.07) is 27.9. The first-order valence-electron chi connectivity index (χ1n) is 8.22. The third kappa shape index (κ3) is 4.04. The number of aldehydes is 1. The number of hydrogen-bond donors (Lipinski definition) is 0. The van der Waals surface area contributed by atoms with Crippen molar-refractivity contribution in [3.8, 4) is 5.75 Å². The normalized spacial score (nSPS) is 12.4. The number of hydrogen-bond acceptors (Lipinski definition) is 2. The van der Waals surface area contributed by atoms with E-state index in [1.54, 1.807) is 7.11 Å². The van der Waals surface area contributed by atoms with E-state index in [4.69, 9.17) is 4.74 Å². The Morgan fingerprint density at radius 3 is 1.92 bits per heavy atom. The molecule has 0 N–H and O–H groups in total. The minimum absolute atomic E-state index is 0.121. The van der Waals surface area contributed by atoms with Gasteiger partial charge in [-0.25, -0.2) is 0 Å². The molecule has 0 saturated carbocycles. The Morgan fingerprint density at radius 1 is 0.800 bits per heavy atom. The molecule has 0 aromatic heterocycles. The van der Waals surface area contributed by atoms with Crippen molar-refractivity contribution in [3.05, 3.63) is 107 Å². The quantitative estimate of drug-likeness (QED) is 0.464. The van der Waals surface area contributed by atoms with Gasteiger partial charge < -0.3 is 4.74 Å². The molecule has 2 heteroatoms. The zero-order chi connectivity index (χ0) is 17.5. The summed E-state index contributed by atoms with van der Waals surface area (Å²) >= 11 is 0. The summed E-state index contributed by atoms with van der Waals surface area (Å²) in [4.78, 5) is 11.9. The summed E-state index contributed by atoms with van der Waals surface area (Å²) in [5.41, 5.74) is 3.88. The lowest BCUT2D eigenvalue weighted by Crippen LogP contribution is -2.06. The highest BCUT2D eigenvalue weighted by molar-refractivity contribution is 5.85. The van der Waals surface area contributed by atoms with E-state index in [1.165, 1.54) is 0 Å². The Morgan fingerprint density at radius 2 is 1.36 bits per heavy atom. The van der Waals surface area contributed by atoms with Crippen LogP contribution in [0, 0.1) is 0 Å². The van der Waals surface area contributed by atoms with Crippen LogP contribution in [-0.2, 0) is 4.79 Å². The summed E-state index contributed by atoms with van der Waals surface area (Å²) in [5, 5.41) is 0. The Bertz CT molecular complexity index is 834. The average Bonchev–Trinajstić information content (AvgIpc) is 2.69. The molecule has 124 valence electrons. The predicted octanol–water partition coefficient (Wildman–Crippen LogP) is 5.11. The Balaban J connectivity index is 2.09. The van der Waals surface area contributed by atoms with E-state index in [0.29, 0.717) is 0 Å². The number of carbonyl (C=O) groups is 1. The van der Waals surface area contributed by atoms with Gasteiger partial charge >= 0.3 is 0 Å². The zero-order valence-corrected chi connectivity index (χ0v) is 14.1. The van der Waals surface area contributed by atoms with Crippen molar-refractivity contribution in [3.63, 3.8) is 0 Å². The smallest absolute Gasteiger partial charge is 0.147 e. The fraction of sp³-hybridized carbons (Fsp3) is 0.0870. The summed E-state index contributed by atoms with van der Waals surface area (Å²) in [6.45, 7) is 0. The molecular formula is C23H20O2. The van der Waals surface area contributed by atoms with Gasteiger partial charge in [0.15, 0.2) is 0 Å². The highest BCUT2D eigenvalue weighted by Gasteiger charge is 2.19. The van der Waals surface area contributed by atoms with Gasteiger partial charge in [-0.3, -0.25) is 4.79 Å². The summed E-state index contributed by atoms with van der Waals surface area (Å²) in [6.07, 6.45) is 2.91. The van der Waals surface area contributed by atoms with Gasteiger partial charge in [-0.2, -0.15) is 0 Å². The van der Waals surface area contributed by atoms with Gasteiger partial charge in [0.25, 0.3) is 0 Å². The second kappa shape index (κ2) is 8.11. The van der Waals surface area contributed by atoms with Crippen molar-refractivity contribution >= 4 is 12.4 Å². The molecule has 3 aromatic carbocycles. The molecule has 0 radical (unpaired) electrons. The van der Waals surface area contributed by atoms with Crippen LogP contribution in [0.25, 0.3) is 6.08 Å². The lowest BCUT2D eigenvalue weighted by Gasteiger charge is -2.19. The third-order valence-electron chi connectivity index (χ3n) is 4.18. The van der Waals surface area contributed by atoms with E-state index < -0.39 is 0 Å². The fourth-order valence-corrected chi connectivity index (χ4v) is 2.95. The lowest BCUT2D eigenvalue weighted by molar-refractivity contribution is -0.105. The Kier molecular flexibility index (Phi) is 5.43. The van der Waals surface area contributed by atoms with Crippen molar-refractivity contribution in [1.29, 1.82) is 0 Å². The first-order valence-corrected chi connectivity index (χ1v) is 8.22. The molecule has 0 aliphatic carbocycles. The molecule has 0 aliphatic heterocycles. The molecule has 0 saturated heterocycles. The number of rotatable bonds is 6. The molecule has 0 bridgehead atoms. The van der Waals surface area contributed by atoms with Gasteiger partial charge in [0.05, 0.1) is 7.11 Å². The largest absolute Gasteiger partial charge is 0.497 e. The van der Waals surface area contributed by atoms with Crippen molar-refractivity contribution in [2.75, 3.05) is 7.11 Å². The van der Waals surface area contributed by atoms with E-state index in [2.05, 4.69) is 12.1 Å². The van der Waals surface area contributed by atoms with Gasteiger partial charge in [-0.1, -0.05) is 72.8 Å². The molecule has 2 nitrogen and oxygen atoms in total. The second-order valence-electron chi connectivity index (χ2n) is 5.79.